The summed E-state index contributed by atoms with van der Waals surface area (Å²) in [6.45, 7) is 0. The van der Waals surface area contributed by atoms with Crippen molar-refractivity contribution in [1.29, 1.82) is 10.5 Å². The Morgan fingerprint density at radius 1 is 1.38 bits per heavy atom. The maximum atomic E-state index is 9.49. The normalized spacial score (nSPS) is 4.75. The van der Waals surface area contributed by atoms with Gasteiger partial charge in [0.2, 0.25) is 0 Å². The van der Waals surface area contributed by atoms with Crippen LogP contribution < -0.4 is 34.7 Å². The molecule has 0 heterocycles. The summed E-state index contributed by atoms with van der Waals surface area (Å²) in [4.78, 5) is 0. The third-order valence-electron chi connectivity index (χ3n) is 0.359. The number of hydrogen-bond acceptors (Lipinski definition) is 3. The van der Waals surface area contributed by atoms with E-state index < -0.39 is 0 Å². The second-order valence-electron chi connectivity index (χ2n) is 0.755. The van der Waals surface area contributed by atoms with Gasteiger partial charge in [0.15, 0.2) is 0 Å². The van der Waals surface area contributed by atoms with Gasteiger partial charge in [-0.3, -0.25) is 0 Å². The molecule has 0 bridgehead atoms. The maximum Gasteiger partial charge on any atom is 1.00 e. The summed E-state index contributed by atoms with van der Waals surface area (Å²) in [7, 11) is 0. The SMILES string of the molecule is N#CC(C#N)=C[O-].[Na+]. The summed E-state index contributed by atoms with van der Waals surface area (Å²) >= 11 is 0. The molecule has 4 heteroatoms. The van der Waals surface area contributed by atoms with Gasteiger partial charge in [-0.25, -0.2) is 0 Å². The molecule has 0 unspecified atom stereocenters. The van der Waals surface area contributed by atoms with E-state index in [1.165, 1.54) is 12.1 Å². The molecule has 0 amide bonds. The predicted octanol–water partition coefficient (Wildman–Crippen LogP) is -3.72. The van der Waals surface area contributed by atoms with E-state index in [0.29, 0.717) is 0 Å². The molecule has 0 fully saturated rings. The van der Waals surface area contributed by atoms with Crippen molar-refractivity contribution in [3.8, 4) is 12.1 Å². The van der Waals surface area contributed by atoms with Crippen LogP contribution in [0.4, 0.5) is 0 Å². The minimum absolute atomic E-state index is 0. The van der Waals surface area contributed by atoms with Gasteiger partial charge in [0, 0.05) is 0 Å². The summed E-state index contributed by atoms with van der Waals surface area (Å²) < 4.78 is 0. The summed E-state index contributed by atoms with van der Waals surface area (Å²) in [6, 6.07) is 2.78. The summed E-state index contributed by atoms with van der Waals surface area (Å²) in [6.07, 6.45) is 0.222. The zero-order chi connectivity index (χ0) is 5.70. The molecule has 3 nitrogen and oxygen atoms in total. The van der Waals surface area contributed by atoms with Gasteiger partial charge in [0.1, 0.15) is 17.7 Å². The van der Waals surface area contributed by atoms with Crippen molar-refractivity contribution in [3.05, 3.63) is 11.8 Å². The third kappa shape index (κ3) is 3.70. The Kier molecular flexibility index (Phi) is 8.55. The van der Waals surface area contributed by atoms with Gasteiger partial charge >= 0.3 is 29.6 Å². The van der Waals surface area contributed by atoms with E-state index in [4.69, 9.17) is 10.5 Å². The molecule has 34 valence electrons. The molecule has 8 heavy (non-hydrogen) atoms. The molecule has 0 aromatic rings. The Morgan fingerprint density at radius 3 is 1.75 bits per heavy atom. The van der Waals surface area contributed by atoms with Crippen molar-refractivity contribution in [3.63, 3.8) is 0 Å². The molecule has 0 atom stereocenters. The number of rotatable bonds is 0. The van der Waals surface area contributed by atoms with Crippen LogP contribution in [0.3, 0.4) is 0 Å². The Labute approximate surface area is 69.1 Å². The largest absolute Gasteiger partial charge is 1.00 e. The first-order valence-corrected chi connectivity index (χ1v) is 1.47. The van der Waals surface area contributed by atoms with Crippen molar-refractivity contribution in [2.75, 3.05) is 0 Å². The Bertz CT molecular complexity index is 146. The van der Waals surface area contributed by atoms with E-state index in [9.17, 15) is 5.11 Å². The van der Waals surface area contributed by atoms with Crippen molar-refractivity contribution in [2.24, 2.45) is 0 Å². The molecule has 0 aromatic heterocycles. The minimum Gasteiger partial charge on any atom is -0.877 e. The van der Waals surface area contributed by atoms with Crippen molar-refractivity contribution < 1.29 is 34.7 Å². The number of nitrogens with zero attached hydrogens (tertiary/aromatic N) is 2. The van der Waals surface area contributed by atoms with Crippen LogP contribution in [0.5, 0.6) is 0 Å². The molecule has 0 radical (unpaired) electrons. The molecular formula is C4HN2NaO. The Morgan fingerprint density at radius 2 is 1.75 bits per heavy atom. The van der Waals surface area contributed by atoms with E-state index in [1.54, 1.807) is 0 Å². The summed E-state index contributed by atoms with van der Waals surface area (Å²) in [5, 5.41) is 25.1. The average Bonchev–Trinajstić information content (AvgIpc) is 1.72. The number of nitriles is 2. The molecule has 0 aromatic carbocycles. The third-order valence-corrected chi connectivity index (χ3v) is 0.359. The minimum atomic E-state index is -0.389. The molecular weight excluding hydrogens is 115 g/mol. The van der Waals surface area contributed by atoms with Crippen LogP contribution in [-0.2, 0) is 0 Å². The van der Waals surface area contributed by atoms with Crippen LogP contribution in [0, 0.1) is 22.7 Å². The molecule has 0 aliphatic carbocycles. The standard InChI is InChI=1S/C4H2N2O.Na/c5-1-4(2-6)3-7;/h3,7H;/q;+1/p-1. The van der Waals surface area contributed by atoms with Crippen LogP contribution in [0.15, 0.2) is 11.8 Å². The first kappa shape index (κ1) is 10.5. The van der Waals surface area contributed by atoms with Gasteiger partial charge < -0.3 is 5.11 Å². The van der Waals surface area contributed by atoms with E-state index in [0.717, 1.165) is 0 Å². The first-order valence-electron chi connectivity index (χ1n) is 1.47. The van der Waals surface area contributed by atoms with Gasteiger partial charge in [0.05, 0.1) is 0 Å². The molecule has 0 rings (SSSR count). The first-order chi connectivity index (χ1) is 3.35. The predicted molar refractivity (Wildman–Crippen MR) is 19.3 cm³/mol. The van der Waals surface area contributed by atoms with Crippen molar-refractivity contribution in [2.45, 2.75) is 0 Å². The van der Waals surface area contributed by atoms with Gasteiger partial charge in [-0.15, -0.1) is 6.26 Å². The van der Waals surface area contributed by atoms with Crippen LogP contribution in [0.2, 0.25) is 0 Å². The molecule has 0 aliphatic rings. The zero-order valence-electron chi connectivity index (χ0n) is 4.38. The van der Waals surface area contributed by atoms with E-state index >= 15 is 0 Å². The Balaban J connectivity index is 0. The van der Waals surface area contributed by atoms with Crippen molar-refractivity contribution >= 4 is 0 Å². The monoisotopic (exact) mass is 116 g/mol. The fourth-order valence-corrected chi connectivity index (χ4v) is 0.0777. The van der Waals surface area contributed by atoms with Crippen LogP contribution in [-0.4, -0.2) is 0 Å². The van der Waals surface area contributed by atoms with E-state index in [-0.39, 0.29) is 41.4 Å². The molecule has 0 aliphatic heterocycles. The van der Waals surface area contributed by atoms with E-state index in [2.05, 4.69) is 0 Å². The second kappa shape index (κ2) is 6.52. The van der Waals surface area contributed by atoms with Gasteiger partial charge in [-0.2, -0.15) is 10.5 Å². The van der Waals surface area contributed by atoms with Gasteiger partial charge in [0.25, 0.3) is 0 Å². The summed E-state index contributed by atoms with van der Waals surface area (Å²) in [5.74, 6) is 0. The van der Waals surface area contributed by atoms with E-state index in [1.807, 2.05) is 0 Å². The quantitative estimate of drug-likeness (QED) is 0.185. The fraction of sp³-hybridized carbons (Fsp3) is 0. The Hall–Kier alpha value is -0.480. The second-order valence-corrected chi connectivity index (χ2v) is 0.755. The smallest absolute Gasteiger partial charge is 0.877 e. The molecule has 0 N–H and O–H groups in total. The van der Waals surface area contributed by atoms with Crippen LogP contribution in [0.1, 0.15) is 0 Å². The maximum absolute atomic E-state index is 9.49. The van der Waals surface area contributed by atoms with Gasteiger partial charge in [-0.1, -0.05) is 0 Å². The molecule has 0 spiro atoms. The molecule has 0 saturated heterocycles. The van der Waals surface area contributed by atoms with Crippen LogP contribution in [0.25, 0.3) is 0 Å². The van der Waals surface area contributed by atoms with Crippen LogP contribution >= 0.6 is 0 Å². The fourth-order valence-electron chi connectivity index (χ4n) is 0.0777. The van der Waals surface area contributed by atoms with Crippen molar-refractivity contribution in [1.82, 2.24) is 0 Å². The summed E-state index contributed by atoms with van der Waals surface area (Å²) in [5.41, 5.74) is -0.389. The zero-order valence-corrected chi connectivity index (χ0v) is 6.38. The number of allylic oxidation sites excluding steroid dienone is 1. The average molecular weight is 116 g/mol. The number of hydrogen-bond donors (Lipinski definition) is 0. The molecule has 0 saturated carbocycles. The van der Waals surface area contributed by atoms with Gasteiger partial charge in [-0.05, 0) is 0 Å². The topological polar surface area (TPSA) is 70.6 Å².